The zero-order valence-electron chi connectivity index (χ0n) is 12.6. The number of aliphatic hydroxyl groups is 1. The highest BCUT2D eigenvalue weighted by atomic mass is 32.2. The van der Waals surface area contributed by atoms with E-state index in [1.807, 2.05) is 7.05 Å². The van der Waals surface area contributed by atoms with Gasteiger partial charge in [0.2, 0.25) is 10.0 Å². The summed E-state index contributed by atoms with van der Waals surface area (Å²) in [4.78, 5) is 2.02. The van der Waals surface area contributed by atoms with Crippen molar-refractivity contribution < 1.29 is 17.9 Å². The zero-order chi connectivity index (χ0) is 16.0. The summed E-state index contributed by atoms with van der Waals surface area (Å²) in [5, 5.41) is 8.98. The van der Waals surface area contributed by atoms with Crippen molar-refractivity contribution in [3.63, 3.8) is 0 Å². The average Bonchev–Trinajstić information content (AvgIpc) is 2.46. The monoisotopic (exact) mass is 318 g/mol. The lowest BCUT2D eigenvalue weighted by molar-refractivity contribution is 0.256. The van der Waals surface area contributed by atoms with E-state index in [0.717, 1.165) is 18.6 Å². The molecule has 0 aliphatic carbocycles. The molecule has 0 aliphatic heterocycles. The van der Waals surface area contributed by atoms with Crippen molar-refractivity contribution in [3.8, 4) is 0 Å². The molecule has 0 spiro atoms. The minimum atomic E-state index is -3.69. The lowest BCUT2D eigenvalue weighted by Gasteiger charge is -2.23. The molecule has 0 heterocycles. The summed E-state index contributed by atoms with van der Waals surface area (Å²) >= 11 is 0. The van der Waals surface area contributed by atoms with Crippen LogP contribution in [0.3, 0.4) is 0 Å². The quantitative estimate of drug-likeness (QED) is 0.759. The molecular weight excluding hydrogens is 295 g/mol. The molecule has 7 heteroatoms. The summed E-state index contributed by atoms with van der Waals surface area (Å²) in [6, 6.07) is 3.76. The molecule has 0 aliphatic rings. The van der Waals surface area contributed by atoms with Gasteiger partial charge in [-0.05, 0) is 38.6 Å². The van der Waals surface area contributed by atoms with Crippen LogP contribution in [0.25, 0.3) is 0 Å². The van der Waals surface area contributed by atoms with Crippen LogP contribution >= 0.6 is 0 Å². The molecule has 1 aromatic carbocycles. The number of rotatable bonds is 8. The number of nitrogens with zero attached hydrogens (tertiary/aromatic N) is 1. The van der Waals surface area contributed by atoms with Crippen LogP contribution in [0.1, 0.15) is 25.8 Å². The fourth-order valence-corrected chi connectivity index (χ4v) is 2.88. The van der Waals surface area contributed by atoms with Crippen molar-refractivity contribution in [2.75, 3.05) is 20.1 Å². The Hall–Kier alpha value is -1.02. The minimum Gasteiger partial charge on any atom is -0.392 e. The Bertz CT molecular complexity index is 563. The number of likely N-dealkylation sites (N-methyl/N-ethyl adjacent to an activating group) is 1. The maximum Gasteiger partial charge on any atom is 0.240 e. The van der Waals surface area contributed by atoms with Gasteiger partial charge in [-0.1, -0.05) is 6.92 Å². The zero-order valence-corrected chi connectivity index (χ0v) is 13.5. The summed E-state index contributed by atoms with van der Waals surface area (Å²) in [5.74, 6) is -0.618. The minimum absolute atomic E-state index is 0.0328. The standard InChI is InChI=1S/C14H23FN2O3S/c1-4-11(2)17(3)8-7-16-21(19,20)13-5-6-14(15)12(9-13)10-18/h5-6,9,11,16,18H,4,7-8,10H2,1-3H3. The normalized spacial score (nSPS) is 13.6. The molecule has 0 saturated carbocycles. The first-order chi connectivity index (χ1) is 9.81. The van der Waals surface area contributed by atoms with Crippen LogP contribution in [0.2, 0.25) is 0 Å². The average molecular weight is 318 g/mol. The molecular formula is C14H23FN2O3S. The van der Waals surface area contributed by atoms with E-state index < -0.39 is 22.4 Å². The second-order valence-corrected chi connectivity index (χ2v) is 6.81. The molecule has 21 heavy (non-hydrogen) atoms. The highest BCUT2D eigenvalue weighted by Gasteiger charge is 2.16. The second kappa shape index (κ2) is 7.84. The van der Waals surface area contributed by atoms with Gasteiger partial charge >= 0.3 is 0 Å². The number of aliphatic hydroxyl groups excluding tert-OH is 1. The molecule has 0 aromatic heterocycles. The topological polar surface area (TPSA) is 69.6 Å². The molecule has 1 aromatic rings. The first-order valence-electron chi connectivity index (χ1n) is 6.91. The Morgan fingerprint density at radius 1 is 1.43 bits per heavy atom. The molecule has 1 unspecified atom stereocenters. The van der Waals surface area contributed by atoms with Gasteiger partial charge in [0.05, 0.1) is 11.5 Å². The summed E-state index contributed by atoms with van der Waals surface area (Å²) in [7, 11) is -1.76. The third kappa shape index (κ3) is 5.03. The van der Waals surface area contributed by atoms with Gasteiger partial charge in [0.1, 0.15) is 5.82 Å². The van der Waals surface area contributed by atoms with E-state index in [9.17, 15) is 12.8 Å². The summed E-state index contributed by atoms with van der Waals surface area (Å²) < 4.78 is 39.9. The Balaban J connectivity index is 2.70. The van der Waals surface area contributed by atoms with Crippen molar-refractivity contribution in [1.82, 2.24) is 9.62 Å². The smallest absolute Gasteiger partial charge is 0.240 e. The van der Waals surface area contributed by atoms with Crippen LogP contribution in [0, 0.1) is 5.82 Å². The summed E-state index contributed by atoms with van der Waals surface area (Å²) in [6.45, 7) is 4.46. The van der Waals surface area contributed by atoms with Gasteiger partial charge in [-0.2, -0.15) is 0 Å². The van der Waals surface area contributed by atoms with Gasteiger partial charge in [-0.3, -0.25) is 0 Å². The summed E-state index contributed by atoms with van der Waals surface area (Å²) in [6.07, 6.45) is 0.987. The first-order valence-corrected chi connectivity index (χ1v) is 8.39. The van der Waals surface area contributed by atoms with Gasteiger partial charge in [0, 0.05) is 24.7 Å². The van der Waals surface area contributed by atoms with Crippen molar-refractivity contribution in [3.05, 3.63) is 29.6 Å². The largest absolute Gasteiger partial charge is 0.392 e. The molecule has 0 amide bonds. The molecule has 0 fully saturated rings. The van der Waals surface area contributed by atoms with Gasteiger partial charge in [-0.15, -0.1) is 0 Å². The molecule has 1 atom stereocenters. The second-order valence-electron chi connectivity index (χ2n) is 5.05. The SMILES string of the molecule is CCC(C)N(C)CCNS(=O)(=O)c1ccc(F)c(CO)c1. The van der Waals surface area contributed by atoms with E-state index in [0.29, 0.717) is 12.6 Å². The number of benzene rings is 1. The van der Waals surface area contributed by atoms with Crippen LogP contribution < -0.4 is 4.72 Å². The van der Waals surface area contributed by atoms with Crippen LogP contribution in [0.15, 0.2) is 23.1 Å². The van der Waals surface area contributed by atoms with Crippen LogP contribution in [0.4, 0.5) is 4.39 Å². The third-order valence-electron chi connectivity index (χ3n) is 3.60. The van der Waals surface area contributed by atoms with Crippen LogP contribution in [0.5, 0.6) is 0 Å². The van der Waals surface area contributed by atoms with Crippen molar-refractivity contribution in [2.24, 2.45) is 0 Å². The molecule has 0 saturated heterocycles. The predicted octanol–water partition coefficient (Wildman–Crippen LogP) is 1.33. The number of sulfonamides is 1. The van der Waals surface area contributed by atoms with Crippen LogP contribution in [-0.2, 0) is 16.6 Å². The molecule has 0 bridgehead atoms. The first kappa shape index (κ1) is 18.0. The van der Waals surface area contributed by atoms with E-state index in [1.54, 1.807) is 0 Å². The van der Waals surface area contributed by atoms with E-state index in [4.69, 9.17) is 5.11 Å². The van der Waals surface area contributed by atoms with Crippen LogP contribution in [-0.4, -0.2) is 44.6 Å². The lowest BCUT2D eigenvalue weighted by Crippen LogP contribution is -2.37. The highest BCUT2D eigenvalue weighted by molar-refractivity contribution is 7.89. The Kier molecular flexibility index (Phi) is 6.73. The fourth-order valence-electron chi connectivity index (χ4n) is 1.81. The van der Waals surface area contributed by atoms with Gasteiger partial charge in [0.15, 0.2) is 0 Å². The Morgan fingerprint density at radius 2 is 2.10 bits per heavy atom. The van der Waals surface area contributed by atoms with Gasteiger partial charge < -0.3 is 10.0 Å². The van der Waals surface area contributed by atoms with E-state index in [1.165, 1.54) is 6.07 Å². The molecule has 0 radical (unpaired) electrons. The van der Waals surface area contributed by atoms with E-state index in [-0.39, 0.29) is 17.0 Å². The van der Waals surface area contributed by atoms with E-state index >= 15 is 0 Å². The Labute approximate surface area is 125 Å². The number of halogens is 1. The predicted molar refractivity (Wildman–Crippen MR) is 79.9 cm³/mol. The molecule has 1 rings (SSSR count). The summed E-state index contributed by atoms with van der Waals surface area (Å²) in [5.41, 5.74) is -0.0328. The maximum atomic E-state index is 13.3. The van der Waals surface area contributed by atoms with Crippen molar-refractivity contribution >= 4 is 10.0 Å². The highest BCUT2D eigenvalue weighted by Crippen LogP contribution is 2.15. The molecule has 120 valence electrons. The van der Waals surface area contributed by atoms with Crippen molar-refractivity contribution in [2.45, 2.75) is 37.8 Å². The molecule has 5 nitrogen and oxygen atoms in total. The van der Waals surface area contributed by atoms with E-state index in [2.05, 4.69) is 23.5 Å². The molecule has 2 N–H and O–H groups in total. The maximum absolute atomic E-state index is 13.3. The Morgan fingerprint density at radius 3 is 2.67 bits per heavy atom. The fraction of sp³-hybridized carbons (Fsp3) is 0.571. The number of hydrogen-bond acceptors (Lipinski definition) is 4. The number of nitrogens with one attached hydrogen (secondary N) is 1. The third-order valence-corrected chi connectivity index (χ3v) is 5.06. The lowest BCUT2D eigenvalue weighted by atomic mass is 10.2. The van der Waals surface area contributed by atoms with Crippen molar-refractivity contribution in [1.29, 1.82) is 0 Å². The van der Waals surface area contributed by atoms with Gasteiger partial charge in [-0.25, -0.2) is 17.5 Å². The number of hydrogen-bond donors (Lipinski definition) is 2. The van der Waals surface area contributed by atoms with Gasteiger partial charge in [0.25, 0.3) is 0 Å².